The van der Waals surface area contributed by atoms with Crippen molar-refractivity contribution in [2.24, 2.45) is 11.8 Å². The van der Waals surface area contributed by atoms with Gasteiger partial charge in [0.25, 0.3) is 0 Å². The summed E-state index contributed by atoms with van der Waals surface area (Å²) < 4.78 is 22.7. The van der Waals surface area contributed by atoms with Crippen LogP contribution in [0.5, 0.6) is 0 Å². The van der Waals surface area contributed by atoms with Crippen LogP contribution in [0.25, 0.3) is 0 Å². The third-order valence-electron chi connectivity index (χ3n) is 4.33. The van der Waals surface area contributed by atoms with Gasteiger partial charge in [0.1, 0.15) is 9.84 Å². The number of likely N-dealkylation sites (tertiary alicyclic amines) is 1. The van der Waals surface area contributed by atoms with Gasteiger partial charge in [0.15, 0.2) is 0 Å². The molecule has 1 aromatic rings. The maximum absolute atomic E-state index is 11.3. The largest absolute Gasteiger partial charge is 0.350 e. The number of sulfone groups is 1. The molecule has 1 saturated heterocycles. The van der Waals surface area contributed by atoms with E-state index in [1.54, 1.807) is 18.5 Å². The zero-order chi connectivity index (χ0) is 14.9. The lowest BCUT2D eigenvalue weighted by Gasteiger charge is -2.19. The average Bonchev–Trinajstić information content (AvgIpc) is 3.20. The van der Waals surface area contributed by atoms with Crippen LogP contribution >= 0.6 is 0 Å². The summed E-state index contributed by atoms with van der Waals surface area (Å²) in [6.07, 6.45) is 7.35. The maximum atomic E-state index is 11.3. The van der Waals surface area contributed by atoms with E-state index in [4.69, 9.17) is 0 Å². The molecule has 0 amide bonds. The minimum Gasteiger partial charge on any atom is -0.350 e. The van der Waals surface area contributed by atoms with Crippen LogP contribution in [0.15, 0.2) is 18.5 Å². The Kier molecular flexibility index (Phi) is 4.12. The zero-order valence-corrected chi connectivity index (χ0v) is 13.1. The van der Waals surface area contributed by atoms with Gasteiger partial charge in [-0.3, -0.25) is 4.90 Å². The minimum absolute atomic E-state index is 0.235. The van der Waals surface area contributed by atoms with E-state index >= 15 is 0 Å². The number of rotatable bonds is 6. The summed E-state index contributed by atoms with van der Waals surface area (Å²) in [5, 5.41) is 3.43. The van der Waals surface area contributed by atoms with E-state index in [-0.39, 0.29) is 5.75 Å². The fourth-order valence-electron chi connectivity index (χ4n) is 3.09. The molecular formula is C14H22N4O2S. The molecule has 7 heteroatoms. The van der Waals surface area contributed by atoms with Gasteiger partial charge >= 0.3 is 0 Å². The summed E-state index contributed by atoms with van der Waals surface area (Å²) >= 11 is 0. The SMILES string of the molecule is CS(=O)(=O)CCN1C[C@H](Nc2ncccn2)[C@@H](C2CC2)C1. The first-order valence-corrected chi connectivity index (χ1v) is 9.51. The van der Waals surface area contributed by atoms with Crippen molar-refractivity contribution in [3.05, 3.63) is 18.5 Å². The molecule has 0 spiro atoms. The van der Waals surface area contributed by atoms with Crippen molar-refractivity contribution < 1.29 is 8.42 Å². The van der Waals surface area contributed by atoms with Gasteiger partial charge in [-0.25, -0.2) is 18.4 Å². The molecular weight excluding hydrogens is 288 g/mol. The van der Waals surface area contributed by atoms with E-state index in [2.05, 4.69) is 20.2 Å². The number of hydrogen-bond acceptors (Lipinski definition) is 6. The molecule has 21 heavy (non-hydrogen) atoms. The van der Waals surface area contributed by atoms with Crippen molar-refractivity contribution in [2.45, 2.75) is 18.9 Å². The summed E-state index contributed by atoms with van der Waals surface area (Å²) in [6.45, 7) is 2.47. The van der Waals surface area contributed by atoms with Gasteiger partial charge in [-0.15, -0.1) is 0 Å². The van der Waals surface area contributed by atoms with Gasteiger partial charge in [-0.05, 0) is 30.7 Å². The number of nitrogens with zero attached hydrogens (tertiary/aromatic N) is 3. The zero-order valence-electron chi connectivity index (χ0n) is 12.3. The maximum Gasteiger partial charge on any atom is 0.222 e. The quantitative estimate of drug-likeness (QED) is 0.831. The molecule has 2 fully saturated rings. The van der Waals surface area contributed by atoms with Gasteiger partial charge < -0.3 is 5.32 Å². The molecule has 0 unspecified atom stereocenters. The lowest BCUT2D eigenvalue weighted by Crippen LogP contribution is -2.31. The van der Waals surface area contributed by atoms with Crippen molar-refractivity contribution in [1.29, 1.82) is 0 Å². The Morgan fingerprint density at radius 1 is 1.29 bits per heavy atom. The van der Waals surface area contributed by atoms with E-state index < -0.39 is 9.84 Å². The van der Waals surface area contributed by atoms with Crippen molar-refractivity contribution in [3.8, 4) is 0 Å². The Morgan fingerprint density at radius 3 is 2.62 bits per heavy atom. The lowest BCUT2D eigenvalue weighted by atomic mass is 9.98. The predicted molar refractivity (Wildman–Crippen MR) is 81.8 cm³/mol. The van der Waals surface area contributed by atoms with Crippen molar-refractivity contribution in [3.63, 3.8) is 0 Å². The number of nitrogens with one attached hydrogen (secondary N) is 1. The molecule has 1 saturated carbocycles. The summed E-state index contributed by atoms with van der Waals surface area (Å²) in [6, 6.07) is 2.12. The van der Waals surface area contributed by atoms with Crippen LogP contribution in [0.3, 0.4) is 0 Å². The van der Waals surface area contributed by atoms with Crippen molar-refractivity contribution in [2.75, 3.05) is 37.0 Å². The molecule has 116 valence electrons. The smallest absolute Gasteiger partial charge is 0.222 e. The van der Waals surface area contributed by atoms with Crippen molar-refractivity contribution >= 4 is 15.8 Å². The van der Waals surface area contributed by atoms with Gasteiger partial charge in [0.2, 0.25) is 5.95 Å². The van der Waals surface area contributed by atoms with Crippen LogP contribution in [0, 0.1) is 11.8 Å². The topological polar surface area (TPSA) is 75.2 Å². The molecule has 1 aromatic heterocycles. The van der Waals surface area contributed by atoms with Gasteiger partial charge in [0, 0.05) is 44.3 Å². The van der Waals surface area contributed by atoms with Crippen LogP contribution in [0.2, 0.25) is 0 Å². The highest BCUT2D eigenvalue weighted by Crippen LogP contribution is 2.42. The molecule has 3 rings (SSSR count). The Balaban J connectivity index is 1.62. The summed E-state index contributed by atoms with van der Waals surface area (Å²) in [4.78, 5) is 10.7. The van der Waals surface area contributed by atoms with Crippen LogP contribution in [-0.2, 0) is 9.84 Å². The molecule has 6 nitrogen and oxygen atoms in total. The second-order valence-corrected chi connectivity index (χ2v) is 8.47. The first kappa shape index (κ1) is 14.7. The predicted octanol–water partition coefficient (Wildman–Crippen LogP) is 0.643. The first-order valence-electron chi connectivity index (χ1n) is 7.45. The van der Waals surface area contributed by atoms with Gasteiger partial charge in [-0.2, -0.15) is 0 Å². The molecule has 1 N–H and O–H groups in total. The van der Waals surface area contributed by atoms with E-state index in [9.17, 15) is 8.42 Å². The van der Waals surface area contributed by atoms with E-state index in [1.807, 2.05) is 0 Å². The molecule has 0 aromatic carbocycles. The van der Waals surface area contributed by atoms with Crippen LogP contribution < -0.4 is 5.32 Å². The Hall–Kier alpha value is -1.21. The van der Waals surface area contributed by atoms with Gasteiger partial charge in [0.05, 0.1) is 5.75 Å². The fraction of sp³-hybridized carbons (Fsp3) is 0.714. The van der Waals surface area contributed by atoms with E-state index in [0.717, 1.165) is 19.0 Å². The minimum atomic E-state index is -2.90. The highest BCUT2D eigenvalue weighted by atomic mass is 32.2. The highest BCUT2D eigenvalue weighted by molar-refractivity contribution is 7.90. The second kappa shape index (κ2) is 5.88. The molecule has 2 atom stereocenters. The Morgan fingerprint density at radius 2 is 2.00 bits per heavy atom. The number of hydrogen-bond donors (Lipinski definition) is 1. The summed E-state index contributed by atoms with van der Waals surface area (Å²) in [5.74, 6) is 2.25. The number of anilines is 1. The molecule has 0 radical (unpaired) electrons. The first-order chi connectivity index (χ1) is 10.0. The normalized spacial score (nSPS) is 26.9. The second-order valence-electron chi connectivity index (χ2n) is 6.21. The number of aromatic nitrogens is 2. The monoisotopic (exact) mass is 310 g/mol. The Labute approximate surface area is 125 Å². The molecule has 2 aliphatic rings. The summed E-state index contributed by atoms with van der Waals surface area (Å²) in [7, 11) is -2.90. The fourth-order valence-corrected chi connectivity index (χ4v) is 3.67. The molecule has 0 bridgehead atoms. The Bertz CT molecular complexity index is 574. The standard InChI is InChI=1S/C14H22N4O2S/c1-21(19,20)8-7-18-9-12(11-3-4-11)13(10-18)17-14-15-5-2-6-16-14/h2,5-6,11-13H,3-4,7-10H2,1H3,(H,15,16,17)/t12-,13+/m1/s1. The van der Waals surface area contributed by atoms with Crippen LogP contribution in [0.1, 0.15) is 12.8 Å². The van der Waals surface area contributed by atoms with Crippen molar-refractivity contribution in [1.82, 2.24) is 14.9 Å². The van der Waals surface area contributed by atoms with Gasteiger partial charge in [-0.1, -0.05) is 0 Å². The van der Waals surface area contributed by atoms with E-state index in [0.29, 0.717) is 24.5 Å². The third-order valence-corrected chi connectivity index (χ3v) is 5.25. The molecule has 2 heterocycles. The van der Waals surface area contributed by atoms with Crippen LogP contribution in [0.4, 0.5) is 5.95 Å². The van der Waals surface area contributed by atoms with Crippen LogP contribution in [-0.4, -0.2) is 61.0 Å². The third kappa shape index (κ3) is 4.14. The molecule has 1 aliphatic heterocycles. The molecule has 1 aliphatic carbocycles. The van der Waals surface area contributed by atoms with E-state index in [1.165, 1.54) is 19.1 Å². The average molecular weight is 310 g/mol. The lowest BCUT2D eigenvalue weighted by molar-refractivity contribution is 0.334. The summed E-state index contributed by atoms with van der Waals surface area (Å²) in [5.41, 5.74) is 0. The highest BCUT2D eigenvalue weighted by Gasteiger charge is 2.42.